The fraction of sp³-hybridized carbons (Fsp3) is 0.238. The molecule has 0 atom stereocenters. The molecule has 3 rings (SSSR count). The van der Waals surface area contributed by atoms with Crippen molar-refractivity contribution in [3.05, 3.63) is 60.4 Å². The van der Waals surface area contributed by atoms with E-state index in [1.807, 2.05) is 0 Å². The van der Waals surface area contributed by atoms with Gasteiger partial charge in [0.2, 0.25) is 0 Å². The number of rotatable bonds is 6. The van der Waals surface area contributed by atoms with E-state index in [2.05, 4.69) is 20.0 Å². The summed E-state index contributed by atoms with van der Waals surface area (Å²) in [5, 5.41) is 2.51. The molecule has 0 aliphatic carbocycles. The Morgan fingerprint density at radius 1 is 0.968 bits per heavy atom. The monoisotopic (exact) mass is 451 g/mol. The minimum absolute atomic E-state index is 0.234. The number of nitrogens with one attached hydrogen (secondary N) is 1. The van der Waals surface area contributed by atoms with Gasteiger partial charge < -0.3 is 10.1 Å². The lowest BCUT2D eigenvalue weighted by atomic mass is 10.1. The Morgan fingerprint density at radius 2 is 1.58 bits per heavy atom. The normalized spacial score (nSPS) is 12.1. The van der Waals surface area contributed by atoms with Crippen LogP contribution in [0.4, 0.5) is 24.7 Å². The van der Waals surface area contributed by atoms with Gasteiger partial charge in [0, 0.05) is 16.8 Å². The van der Waals surface area contributed by atoms with E-state index in [0.717, 1.165) is 0 Å². The first-order chi connectivity index (χ1) is 14.5. The van der Waals surface area contributed by atoms with Crippen LogP contribution in [0.15, 0.2) is 59.8 Å². The highest BCUT2D eigenvalue weighted by Gasteiger charge is 2.31. The zero-order valence-corrected chi connectivity index (χ0v) is 17.8. The maximum absolute atomic E-state index is 12.3. The first-order valence-electron chi connectivity index (χ1n) is 9.26. The van der Waals surface area contributed by atoms with Gasteiger partial charge in [-0.2, -0.15) is 0 Å². The van der Waals surface area contributed by atoms with Gasteiger partial charge >= 0.3 is 6.36 Å². The van der Waals surface area contributed by atoms with Gasteiger partial charge in [-0.15, -0.1) is 13.2 Å². The van der Waals surface area contributed by atoms with E-state index in [1.54, 1.807) is 45.0 Å². The lowest BCUT2D eigenvalue weighted by Crippen LogP contribution is -2.17. The number of aromatic nitrogens is 2. The van der Waals surface area contributed by atoms with E-state index in [4.69, 9.17) is 0 Å². The number of sulfone groups is 1. The average Bonchev–Trinajstić information content (AvgIpc) is 2.70. The lowest BCUT2D eigenvalue weighted by Gasteiger charge is -2.13. The van der Waals surface area contributed by atoms with Crippen LogP contribution >= 0.6 is 0 Å². The number of ether oxygens (including phenoxy) is 1. The number of benzene rings is 2. The molecule has 1 heterocycles. The summed E-state index contributed by atoms with van der Waals surface area (Å²) < 4.78 is 65.3. The number of anilines is 2. The highest BCUT2D eigenvalue weighted by atomic mass is 32.2. The largest absolute Gasteiger partial charge is 0.573 e. The molecule has 0 fully saturated rings. The summed E-state index contributed by atoms with van der Waals surface area (Å²) in [6, 6.07) is 11.7. The minimum Gasteiger partial charge on any atom is -0.406 e. The number of hydrogen-bond acceptors (Lipinski definition) is 6. The summed E-state index contributed by atoms with van der Waals surface area (Å²) in [6.07, 6.45) is -3.40. The van der Waals surface area contributed by atoms with Gasteiger partial charge in [-0.3, -0.25) is 0 Å². The standard InChI is InChI=1S/C21H20F3N3O3S/c1-13(2)31(28,29)18-10-4-15(5-11-18)19-14(3)20(26-12-25-19)27-16-6-8-17(9-7-16)30-21(22,23)24/h4-13H,1-3H3,(H,25,26,27). The number of halogens is 3. The van der Waals surface area contributed by atoms with Gasteiger partial charge in [0.1, 0.15) is 17.9 Å². The SMILES string of the molecule is Cc1c(Nc2ccc(OC(F)(F)F)cc2)ncnc1-c1ccc(S(=O)(=O)C(C)C)cc1. The molecule has 0 aliphatic heterocycles. The number of hydrogen-bond donors (Lipinski definition) is 1. The Kier molecular flexibility index (Phi) is 6.21. The molecular weight excluding hydrogens is 431 g/mol. The highest BCUT2D eigenvalue weighted by molar-refractivity contribution is 7.92. The van der Waals surface area contributed by atoms with Crippen LogP contribution in [0.1, 0.15) is 19.4 Å². The van der Waals surface area contributed by atoms with Crippen molar-refractivity contribution in [2.45, 2.75) is 37.3 Å². The van der Waals surface area contributed by atoms with Gasteiger partial charge in [0.05, 0.1) is 15.8 Å². The average molecular weight is 451 g/mol. The van der Waals surface area contributed by atoms with Crippen LogP contribution in [0.2, 0.25) is 0 Å². The first-order valence-corrected chi connectivity index (χ1v) is 10.8. The molecule has 31 heavy (non-hydrogen) atoms. The minimum atomic E-state index is -4.75. The van der Waals surface area contributed by atoms with Crippen molar-refractivity contribution in [3.8, 4) is 17.0 Å². The van der Waals surface area contributed by atoms with Crippen LogP contribution in [-0.4, -0.2) is 30.0 Å². The maximum atomic E-state index is 12.3. The Bertz CT molecular complexity index is 1160. The van der Waals surface area contributed by atoms with Crippen molar-refractivity contribution in [2.24, 2.45) is 0 Å². The molecule has 3 aromatic rings. The molecule has 0 unspecified atom stereocenters. The summed E-state index contributed by atoms with van der Waals surface area (Å²) in [5.41, 5.74) is 2.51. The van der Waals surface area contributed by atoms with E-state index in [-0.39, 0.29) is 10.6 Å². The van der Waals surface area contributed by atoms with Gasteiger partial charge in [-0.05, 0) is 57.2 Å². The molecule has 0 radical (unpaired) electrons. The van der Waals surface area contributed by atoms with Crippen LogP contribution in [0.5, 0.6) is 5.75 Å². The lowest BCUT2D eigenvalue weighted by molar-refractivity contribution is -0.274. The predicted octanol–water partition coefficient (Wildman–Crippen LogP) is 5.28. The fourth-order valence-electron chi connectivity index (χ4n) is 2.82. The topological polar surface area (TPSA) is 81.2 Å². The molecule has 1 N–H and O–H groups in total. The molecule has 1 aromatic heterocycles. The molecular formula is C21H20F3N3O3S. The third kappa shape index (κ3) is 5.32. The van der Waals surface area contributed by atoms with Crippen molar-refractivity contribution in [3.63, 3.8) is 0 Å². The van der Waals surface area contributed by atoms with E-state index in [0.29, 0.717) is 28.3 Å². The zero-order chi connectivity index (χ0) is 22.8. The smallest absolute Gasteiger partial charge is 0.406 e. The molecule has 0 spiro atoms. The third-order valence-corrected chi connectivity index (χ3v) is 6.68. The Labute approximate surface area is 178 Å². The fourth-order valence-corrected chi connectivity index (χ4v) is 3.88. The van der Waals surface area contributed by atoms with Crippen molar-refractivity contribution >= 4 is 21.3 Å². The quantitative estimate of drug-likeness (QED) is 0.550. The van der Waals surface area contributed by atoms with E-state index in [1.165, 1.54) is 30.6 Å². The van der Waals surface area contributed by atoms with E-state index in [9.17, 15) is 21.6 Å². The predicted molar refractivity (Wildman–Crippen MR) is 111 cm³/mol. The first kappa shape index (κ1) is 22.5. The molecule has 0 saturated carbocycles. The molecule has 2 aromatic carbocycles. The van der Waals surface area contributed by atoms with Crippen LogP contribution in [0, 0.1) is 6.92 Å². The molecule has 0 bridgehead atoms. The second-order valence-electron chi connectivity index (χ2n) is 7.01. The number of alkyl halides is 3. The summed E-state index contributed by atoms with van der Waals surface area (Å²) >= 11 is 0. The molecule has 0 saturated heterocycles. The second kappa shape index (κ2) is 8.54. The molecule has 164 valence electrons. The van der Waals surface area contributed by atoms with Crippen molar-refractivity contribution in [1.82, 2.24) is 9.97 Å². The number of nitrogens with zero attached hydrogens (tertiary/aromatic N) is 2. The molecule has 10 heteroatoms. The van der Waals surface area contributed by atoms with Gasteiger partial charge in [0.25, 0.3) is 0 Å². The van der Waals surface area contributed by atoms with Gasteiger partial charge in [-0.25, -0.2) is 18.4 Å². The van der Waals surface area contributed by atoms with Crippen molar-refractivity contribution in [2.75, 3.05) is 5.32 Å². The van der Waals surface area contributed by atoms with Crippen molar-refractivity contribution in [1.29, 1.82) is 0 Å². The Hall–Kier alpha value is -3.14. The molecule has 6 nitrogen and oxygen atoms in total. The summed E-state index contributed by atoms with van der Waals surface area (Å²) in [4.78, 5) is 8.71. The van der Waals surface area contributed by atoms with Crippen LogP contribution < -0.4 is 10.1 Å². The van der Waals surface area contributed by atoms with Gasteiger partial charge in [0.15, 0.2) is 9.84 Å². The van der Waals surface area contributed by atoms with E-state index < -0.39 is 21.4 Å². The van der Waals surface area contributed by atoms with E-state index >= 15 is 0 Å². The maximum Gasteiger partial charge on any atom is 0.573 e. The van der Waals surface area contributed by atoms with Crippen LogP contribution in [-0.2, 0) is 9.84 Å². The van der Waals surface area contributed by atoms with Crippen LogP contribution in [0.25, 0.3) is 11.3 Å². The zero-order valence-electron chi connectivity index (χ0n) is 16.9. The molecule has 0 aliphatic rings. The van der Waals surface area contributed by atoms with Crippen LogP contribution in [0.3, 0.4) is 0 Å². The second-order valence-corrected chi connectivity index (χ2v) is 9.52. The highest BCUT2D eigenvalue weighted by Crippen LogP contribution is 2.29. The summed E-state index contributed by atoms with van der Waals surface area (Å²) in [7, 11) is -3.38. The summed E-state index contributed by atoms with van der Waals surface area (Å²) in [6.45, 7) is 5.03. The summed E-state index contributed by atoms with van der Waals surface area (Å²) in [5.74, 6) is 0.142. The van der Waals surface area contributed by atoms with Crippen molar-refractivity contribution < 1.29 is 26.3 Å². The Balaban J connectivity index is 1.84. The third-order valence-electron chi connectivity index (χ3n) is 4.51. The molecule has 0 amide bonds. The van der Waals surface area contributed by atoms with Gasteiger partial charge in [-0.1, -0.05) is 12.1 Å². The Morgan fingerprint density at radius 3 is 2.13 bits per heavy atom.